The maximum atomic E-state index is 12.0. The van der Waals surface area contributed by atoms with Gasteiger partial charge in [-0.25, -0.2) is 4.79 Å². The van der Waals surface area contributed by atoms with Crippen molar-refractivity contribution in [1.82, 2.24) is 0 Å². The van der Waals surface area contributed by atoms with Crippen molar-refractivity contribution < 1.29 is 14.5 Å². The zero-order chi connectivity index (χ0) is 15.4. The first kappa shape index (κ1) is 15.3. The summed E-state index contributed by atoms with van der Waals surface area (Å²) >= 11 is 11.6. The maximum Gasteiger partial charge on any atom is 0.345 e. The minimum Gasteiger partial charge on any atom is -0.457 e. The van der Waals surface area contributed by atoms with Crippen LogP contribution < -0.4 is 0 Å². The van der Waals surface area contributed by atoms with Crippen molar-refractivity contribution in [3.05, 3.63) is 73.8 Å². The summed E-state index contributed by atoms with van der Waals surface area (Å²) in [6.45, 7) is -0.0386. The van der Waals surface area contributed by atoms with Crippen LogP contribution in [0.4, 0.5) is 5.69 Å². The molecule has 0 saturated carbocycles. The van der Waals surface area contributed by atoms with Crippen LogP contribution in [0.5, 0.6) is 0 Å². The summed E-state index contributed by atoms with van der Waals surface area (Å²) in [5.41, 5.74) is 0.0327. The molecule has 108 valence electrons. The minimum atomic E-state index is -0.816. The van der Waals surface area contributed by atoms with Gasteiger partial charge in [0.1, 0.15) is 17.2 Å². The van der Waals surface area contributed by atoms with Crippen LogP contribution in [0.25, 0.3) is 0 Å². The van der Waals surface area contributed by atoms with E-state index in [1.807, 2.05) is 0 Å². The van der Waals surface area contributed by atoms with Crippen molar-refractivity contribution in [3.63, 3.8) is 0 Å². The molecule has 0 aliphatic carbocycles. The van der Waals surface area contributed by atoms with Gasteiger partial charge in [0.15, 0.2) is 0 Å². The van der Waals surface area contributed by atoms with Crippen LogP contribution >= 0.6 is 23.2 Å². The predicted molar refractivity (Wildman–Crippen MR) is 78.7 cm³/mol. The number of halogens is 2. The van der Waals surface area contributed by atoms with Gasteiger partial charge in [-0.15, -0.1) is 0 Å². The van der Waals surface area contributed by atoms with Crippen molar-refractivity contribution in [2.24, 2.45) is 0 Å². The number of carbonyl (C=O) groups excluding carboxylic acids is 1. The first-order valence-electron chi connectivity index (χ1n) is 5.83. The highest BCUT2D eigenvalue weighted by atomic mass is 35.5. The fourth-order valence-corrected chi connectivity index (χ4v) is 2.18. The van der Waals surface area contributed by atoms with Gasteiger partial charge in [0.25, 0.3) is 0 Å². The lowest BCUT2D eigenvalue weighted by Crippen LogP contribution is -2.08. The number of ether oxygens (including phenoxy) is 1. The monoisotopic (exact) mass is 325 g/mol. The van der Waals surface area contributed by atoms with E-state index in [0.29, 0.717) is 10.6 Å². The Bertz CT molecular complexity index is 703. The van der Waals surface area contributed by atoms with Crippen molar-refractivity contribution in [2.45, 2.75) is 6.61 Å². The zero-order valence-corrected chi connectivity index (χ0v) is 12.1. The van der Waals surface area contributed by atoms with E-state index < -0.39 is 16.6 Å². The van der Waals surface area contributed by atoms with Gasteiger partial charge in [-0.05, 0) is 29.8 Å². The van der Waals surface area contributed by atoms with Crippen LogP contribution in [0, 0.1) is 10.1 Å². The summed E-state index contributed by atoms with van der Waals surface area (Å²) < 4.78 is 5.05. The van der Waals surface area contributed by atoms with Crippen LogP contribution in [0.1, 0.15) is 15.9 Å². The highest BCUT2D eigenvalue weighted by Crippen LogP contribution is 2.28. The summed E-state index contributed by atoms with van der Waals surface area (Å²) in [5, 5.41) is 11.4. The topological polar surface area (TPSA) is 69.4 Å². The van der Waals surface area contributed by atoms with E-state index in [0.717, 1.165) is 0 Å². The first-order valence-corrected chi connectivity index (χ1v) is 6.59. The van der Waals surface area contributed by atoms with Crippen LogP contribution in [-0.4, -0.2) is 10.9 Å². The summed E-state index contributed by atoms with van der Waals surface area (Å²) in [6, 6.07) is 10.9. The molecular weight excluding hydrogens is 317 g/mol. The van der Waals surface area contributed by atoms with Gasteiger partial charge in [0.2, 0.25) is 0 Å². The molecule has 21 heavy (non-hydrogen) atoms. The second-order valence-electron chi connectivity index (χ2n) is 4.10. The molecule has 2 aromatic carbocycles. The molecule has 5 nitrogen and oxygen atoms in total. The fraction of sp³-hybridized carbons (Fsp3) is 0.0714. The number of nitro benzene ring substituents is 1. The Kier molecular flexibility index (Phi) is 4.77. The number of benzene rings is 2. The molecule has 0 N–H and O–H groups in total. The van der Waals surface area contributed by atoms with Gasteiger partial charge in [0.05, 0.1) is 4.92 Å². The molecule has 0 heterocycles. The molecular formula is C14H9Cl2NO4. The average Bonchev–Trinajstić information content (AvgIpc) is 2.44. The van der Waals surface area contributed by atoms with Crippen molar-refractivity contribution in [2.75, 3.05) is 0 Å². The third kappa shape index (κ3) is 3.71. The van der Waals surface area contributed by atoms with Gasteiger partial charge in [-0.3, -0.25) is 10.1 Å². The molecule has 0 aromatic heterocycles. The van der Waals surface area contributed by atoms with Gasteiger partial charge >= 0.3 is 11.7 Å². The Labute approximate surface area is 130 Å². The second kappa shape index (κ2) is 6.56. The van der Waals surface area contributed by atoms with Crippen LogP contribution in [-0.2, 0) is 11.3 Å². The Morgan fingerprint density at radius 3 is 2.57 bits per heavy atom. The summed E-state index contributed by atoms with van der Waals surface area (Å²) in [7, 11) is 0. The molecule has 0 amide bonds. The number of hydrogen-bond donors (Lipinski definition) is 0. The zero-order valence-electron chi connectivity index (χ0n) is 10.6. The Morgan fingerprint density at radius 2 is 1.90 bits per heavy atom. The largest absolute Gasteiger partial charge is 0.457 e. The number of rotatable bonds is 4. The Morgan fingerprint density at radius 1 is 1.19 bits per heavy atom. The summed E-state index contributed by atoms with van der Waals surface area (Å²) in [6.07, 6.45) is 0. The molecule has 0 saturated heterocycles. The molecule has 0 unspecified atom stereocenters. The molecule has 2 rings (SSSR count). The molecule has 2 aromatic rings. The highest BCUT2D eigenvalue weighted by molar-refractivity contribution is 6.33. The minimum absolute atomic E-state index is 0.0386. The highest BCUT2D eigenvalue weighted by Gasteiger charge is 2.24. The lowest BCUT2D eigenvalue weighted by atomic mass is 10.2. The Balaban J connectivity index is 2.18. The number of carbonyl (C=O) groups is 1. The van der Waals surface area contributed by atoms with E-state index in [9.17, 15) is 14.9 Å². The molecule has 0 radical (unpaired) electrons. The number of nitro groups is 1. The fourth-order valence-electron chi connectivity index (χ4n) is 1.72. The third-order valence-electron chi connectivity index (χ3n) is 2.65. The number of esters is 1. The maximum absolute atomic E-state index is 12.0. The number of hydrogen-bond acceptors (Lipinski definition) is 4. The average molecular weight is 326 g/mol. The lowest BCUT2D eigenvalue weighted by molar-refractivity contribution is -0.385. The summed E-state index contributed by atoms with van der Waals surface area (Å²) in [4.78, 5) is 22.2. The third-order valence-corrected chi connectivity index (χ3v) is 3.19. The van der Waals surface area contributed by atoms with E-state index in [1.54, 1.807) is 24.3 Å². The standard InChI is InChI=1S/C14H9Cl2NO4/c15-10-4-1-3-9(7-10)8-21-14(18)11-5-2-6-12(16)13(11)17(19)20/h1-7H,8H2. The van der Waals surface area contributed by atoms with Crippen molar-refractivity contribution in [1.29, 1.82) is 0 Å². The van der Waals surface area contributed by atoms with E-state index in [2.05, 4.69) is 0 Å². The van der Waals surface area contributed by atoms with E-state index in [1.165, 1.54) is 18.2 Å². The molecule has 0 aliphatic heterocycles. The molecule has 0 spiro atoms. The van der Waals surface area contributed by atoms with E-state index in [-0.39, 0.29) is 17.2 Å². The van der Waals surface area contributed by atoms with Crippen molar-refractivity contribution >= 4 is 34.9 Å². The van der Waals surface area contributed by atoms with E-state index in [4.69, 9.17) is 27.9 Å². The number of para-hydroxylation sites is 1. The second-order valence-corrected chi connectivity index (χ2v) is 4.94. The molecule has 0 bridgehead atoms. The molecule has 7 heteroatoms. The van der Waals surface area contributed by atoms with Gasteiger partial charge < -0.3 is 4.74 Å². The van der Waals surface area contributed by atoms with Crippen LogP contribution in [0.2, 0.25) is 10.0 Å². The molecule has 0 fully saturated rings. The van der Waals surface area contributed by atoms with E-state index >= 15 is 0 Å². The van der Waals surface area contributed by atoms with Crippen LogP contribution in [0.3, 0.4) is 0 Å². The Hall–Kier alpha value is -2.11. The normalized spacial score (nSPS) is 10.2. The molecule has 0 atom stereocenters. The quantitative estimate of drug-likeness (QED) is 0.478. The predicted octanol–water partition coefficient (Wildman–Crippen LogP) is 4.26. The van der Waals surface area contributed by atoms with Crippen molar-refractivity contribution in [3.8, 4) is 0 Å². The first-order chi connectivity index (χ1) is 9.99. The SMILES string of the molecule is O=C(OCc1cccc(Cl)c1)c1cccc(Cl)c1[N+](=O)[O-]. The summed E-state index contributed by atoms with van der Waals surface area (Å²) in [5.74, 6) is -0.816. The van der Waals surface area contributed by atoms with Gasteiger partial charge in [-0.2, -0.15) is 0 Å². The smallest absolute Gasteiger partial charge is 0.345 e. The number of nitrogens with zero attached hydrogens (tertiary/aromatic N) is 1. The van der Waals surface area contributed by atoms with Gasteiger partial charge in [-0.1, -0.05) is 41.4 Å². The molecule has 0 aliphatic rings. The lowest BCUT2D eigenvalue weighted by Gasteiger charge is -2.06. The van der Waals surface area contributed by atoms with Crippen LogP contribution in [0.15, 0.2) is 42.5 Å². The van der Waals surface area contributed by atoms with Gasteiger partial charge in [0, 0.05) is 5.02 Å².